The largest absolute Gasteiger partial charge is 0.480 e. The third-order valence-electron chi connectivity index (χ3n) is 2.12. The fraction of sp³-hybridized carbons (Fsp3) is 0.667. The van der Waals surface area contributed by atoms with Gasteiger partial charge in [-0.15, -0.1) is 5.10 Å². The van der Waals surface area contributed by atoms with Gasteiger partial charge in [0, 0.05) is 0 Å². The lowest BCUT2D eigenvalue weighted by Gasteiger charge is -2.03. The predicted molar refractivity (Wildman–Crippen MR) is 63.2 cm³/mol. The molecule has 0 aromatic carbocycles. The molecule has 8 nitrogen and oxygen atoms in total. The van der Waals surface area contributed by atoms with Gasteiger partial charge in [-0.05, 0) is 6.42 Å². The summed E-state index contributed by atoms with van der Waals surface area (Å²) in [6.45, 7) is 1.63. The minimum Gasteiger partial charge on any atom is -0.480 e. The lowest BCUT2D eigenvalue weighted by Crippen LogP contribution is -2.26. The molecule has 0 atom stereocenters. The Bertz CT molecular complexity index is 496. The summed E-state index contributed by atoms with van der Waals surface area (Å²) in [7, 11) is -3.30. The fourth-order valence-corrected chi connectivity index (χ4v) is 2.41. The quantitative estimate of drug-likeness (QED) is 0.666. The van der Waals surface area contributed by atoms with Crippen molar-refractivity contribution in [1.29, 1.82) is 0 Å². The maximum atomic E-state index is 11.5. The Labute approximate surface area is 105 Å². The molecule has 1 rings (SSSR count). The van der Waals surface area contributed by atoms with Gasteiger partial charge < -0.3 is 5.11 Å². The Morgan fingerprint density at radius 1 is 1.56 bits per heavy atom. The van der Waals surface area contributed by atoms with Gasteiger partial charge >= 0.3 is 5.97 Å². The van der Waals surface area contributed by atoms with E-state index in [1.54, 1.807) is 0 Å². The van der Waals surface area contributed by atoms with Gasteiger partial charge in [-0.1, -0.05) is 18.6 Å². The first-order valence-electron chi connectivity index (χ1n) is 5.51. The second-order valence-corrected chi connectivity index (χ2v) is 5.72. The Morgan fingerprint density at radius 2 is 2.28 bits per heavy atom. The van der Waals surface area contributed by atoms with Crippen LogP contribution in [-0.2, 0) is 27.9 Å². The molecular formula is C9H16N4O4S. The number of nitrogens with zero attached hydrogens (tertiary/aromatic N) is 3. The predicted octanol–water partition coefficient (Wildman–Crippen LogP) is -0.418. The molecule has 0 aliphatic carbocycles. The first-order chi connectivity index (χ1) is 8.43. The molecule has 9 heteroatoms. The van der Waals surface area contributed by atoms with Crippen molar-refractivity contribution < 1.29 is 18.3 Å². The summed E-state index contributed by atoms with van der Waals surface area (Å²) in [6, 6.07) is 0. The molecule has 0 radical (unpaired) electrons. The molecule has 1 aromatic heterocycles. The molecule has 0 saturated carbocycles. The summed E-state index contributed by atoms with van der Waals surface area (Å²) in [5.41, 5.74) is 0.385. The number of aromatic nitrogens is 3. The van der Waals surface area contributed by atoms with Crippen molar-refractivity contribution in [2.45, 2.75) is 32.9 Å². The van der Waals surface area contributed by atoms with Crippen molar-refractivity contribution in [3.63, 3.8) is 0 Å². The summed E-state index contributed by atoms with van der Waals surface area (Å²) in [5.74, 6) is -0.956. The van der Waals surface area contributed by atoms with E-state index in [-0.39, 0.29) is 18.8 Å². The van der Waals surface area contributed by atoms with Crippen LogP contribution in [0.5, 0.6) is 0 Å². The molecule has 1 aromatic rings. The number of carbonyl (C=O) groups is 1. The minimum atomic E-state index is -3.30. The van der Waals surface area contributed by atoms with Crippen molar-refractivity contribution >= 4 is 16.0 Å². The fourth-order valence-electron chi connectivity index (χ4n) is 1.23. The number of aliphatic carboxylic acids is 1. The van der Waals surface area contributed by atoms with E-state index < -0.39 is 16.0 Å². The monoisotopic (exact) mass is 276 g/mol. The third kappa shape index (κ3) is 5.23. The van der Waals surface area contributed by atoms with Crippen LogP contribution in [0.15, 0.2) is 6.20 Å². The molecular weight excluding hydrogens is 260 g/mol. The van der Waals surface area contributed by atoms with Crippen LogP contribution in [-0.4, -0.2) is 40.2 Å². The number of nitrogens with one attached hydrogen (secondary N) is 1. The van der Waals surface area contributed by atoms with Crippen molar-refractivity contribution in [2.75, 3.05) is 5.75 Å². The Hall–Kier alpha value is -1.48. The lowest BCUT2D eigenvalue weighted by molar-refractivity contribution is -0.137. The van der Waals surface area contributed by atoms with E-state index in [1.807, 2.05) is 6.92 Å². The molecule has 0 unspecified atom stereocenters. The molecule has 0 aliphatic heterocycles. The molecule has 102 valence electrons. The van der Waals surface area contributed by atoms with E-state index in [0.29, 0.717) is 12.1 Å². The molecule has 0 fully saturated rings. The zero-order valence-corrected chi connectivity index (χ0v) is 10.9. The number of carboxylic acids is 1. The lowest BCUT2D eigenvalue weighted by atomic mass is 10.4. The smallest absolute Gasteiger partial charge is 0.325 e. The van der Waals surface area contributed by atoms with Crippen LogP contribution >= 0.6 is 0 Å². The molecule has 0 saturated heterocycles. The second-order valence-electron chi connectivity index (χ2n) is 3.79. The van der Waals surface area contributed by atoms with Gasteiger partial charge in [0.05, 0.1) is 24.2 Å². The first kappa shape index (κ1) is 14.6. The molecule has 0 bridgehead atoms. The number of carboxylic acid groups (broad SMARTS) is 1. The van der Waals surface area contributed by atoms with E-state index in [2.05, 4.69) is 15.0 Å². The van der Waals surface area contributed by atoms with Crippen LogP contribution in [0.3, 0.4) is 0 Å². The van der Waals surface area contributed by atoms with Gasteiger partial charge in [0.1, 0.15) is 6.54 Å². The van der Waals surface area contributed by atoms with Gasteiger partial charge in [-0.2, -0.15) is 0 Å². The number of rotatable bonds is 8. The highest BCUT2D eigenvalue weighted by Crippen LogP contribution is 1.97. The number of unbranched alkanes of at least 4 members (excludes halogenated alkanes) is 1. The van der Waals surface area contributed by atoms with Crippen molar-refractivity contribution in [3.05, 3.63) is 11.9 Å². The second kappa shape index (κ2) is 6.45. The van der Waals surface area contributed by atoms with Crippen LogP contribution in [0.1, 0.15) is 25.5 Å². The van der Waals surface area contributed by atoms with E-state index in [4.69, 9.17) is 5.11 Å². The summed E-state index contributed by atoms with van der Waals surface area (Å²) < 4.78 is 26.5. The first-order valence-corrected chi connectivity index (χ1v) is 7.16. The maximum absolute atomic E-state index is 11.5. The van der Waals surface area contributed by atoms with Crippen LogP contribution in [0.4, 0.5) is 0 Å². The van der Waals surface area contributed by atoms with Crippen molar-refractivity contribution in [2.24, 2.45) is 0 Å². The molecule has 18 heavy (non-hydrogen) atoms. The van der Waals surface area contributed by atoms with Gasteiger partial charge in [0.15, 0.2) is 0 Å². The van der Waals surface area contributed by atoms with Gasteiger partial charge in [-0.3, -0.25) is 4.79 Å². The summed E-state index contributed by atoms with van der Waals surface area (Å²) in [5, 5.41) is 15.8. The van der Waals surface area contributed by atoms with Crippen molar-refractivity contribution in [1.82, 2.24) is 19.7 Å². The highest BCUT2D eigenvalue weighted by molar-refractivity contribution is 7.89. The summed E-state index contributed by atoms with van der Waals surface area (Å²) in [4.78, 5) is 10.4. The minimum absolute atomic E-state index is 0.0195. The Kier molecular flexibility index (Phi) is 5.23. The van der Waals surface area contributed by atoms with Gasteiger partial charge in [-0.25, -0.2) is 17.8 Å². The Balaban J connectivity index is 2.48. The number of sulfonamides is 1. The molecule has 0 aliphatic rings. The van der Waals surface area contributed by atoms with Gasteiger partial charge in [0.25, 0.3) is 0 Å². The van der Waals surface area contributed by atoms with E-state index in [9.17, 15) is 13.2 Å². The van der Waals surface area contributed by atoms with Crippen LogP contribution in [0.2, 0.25) is 0 Å². The van der Waals surface area contributed by atoms with E-state index in [1.165, 1.54) is 6.20 Å². The topological polar surface area (TPSA) is 114 Å². The highest BCUT2D eigenvalue weighted by atomic mass is 32.2. The van der Waals surface area contributed by atoms with E-state index >= 15 is 0 Å². The van der Waals surface area contributed by atoms with Crippen molar-refractivity contribution in [3.8, 4) is 0 Å². The highest BCUT2D eigenvalue weighted by Gasteiger charge is 2.11. The van der Waals surface area contributed by atoms with Crippen LogP contribution in [0, 0.1) is 0 Å². The van der Waals surface area contributed by atoms with Gasteiger partial charge in [0.2, 0.25) is 10.0 Å². The normalized spacial score (nSPS) is 11.6. The van der Waals surface area contributed by atoms with Crippen LogP contribution in [0.25, 0.3) is 0 Å². The van der Waals surface area contributed by atoms with E-state index in [0.717, 1.165) is 11.1 Å². The molecule has 0 spiro atoms. The molecule has 1 heterocycles. The molecule has 0 amide bonds. The Morgan fingerprint density at radius 3 is 2.89 bits per heavy atom. The number of hydrogen-bond donors (Lipinski definition) is 2. The molecule has 2 N–H and O–H groups in total. The van der Waals surface area contributed by atoms with Crippen LogP contribution < -0.4 is 4.72 Å². The third-order valence-corrected chi connectivity index (χ3v) is 3.53. The SMILES string of the molecule is CCCCS(=O)(=O)NCc1cn(CC(=O)O)nn1. The zero-order valence-electron chi connectivity index (χ0n) is 10.0. The average molecular weight is 276 g/mol. The summed E-state index contributed by atoms with van der Waals surface area (Å²) in [6.07, 6.45) is 2.80. The average Bonchev–Trinajstić information content (AvgIpc) is 2.71. The maximum Gasteiger partial charge on any atom is 0.325 e. The standard InChI is InChI=1S/C9H16N4O4S/c1-2-3-4-18(16,17)10-5-8-6-13(12-11-8)7-9(14)15/h6,10H,2-5,7H2,1H3,(H,14,15). The zero-order chi connectivity index (χ0) is 13.6. The number of hydrogen-bond acceptors (Lipinski definition) is 5. The summed E-state index contributed by atoms with van der Waals surface area (Å²) >= 11 is 0.